The lowest BCUT2D eigenvalue weighted by Gasteiger charge is -2.43. The highest BCUT2D eigenvalue weighted by atomic mass is 16.5. The molecular weight excluding hydrogens is 226 g/mol. The second-order valence-corrected chi connectivity index (χ2v) is 5.31. The fraction of sp³-hybridized carbons (Fsp3) is 0.714. The largest absolute Gasteiger partial charge is 0.373 e. The molecule has 0 radical (unpaired) electrons. The number of nitrogens with two attached hydrogens (primary N) is 1. The van der Waals surface area contributed by atoms with Crippen molar-refractivity contribution in [3.05, 3.63) is 24.3 Å². The topological polar surface area (TPSA) is 61.0 Å². The van der Waals surface area contributed by atoms with Crippen LogP contribution in [0.5, 0.6) is 0 Å². The predicted molar refractivity (Wildman–Crippen MR) is 70.9 cm³/mol. The quantitative estimate of drug-likeness (QED) is 0.890. The summed E-state index contributed by atoms with van der Waals surface area (Å²) in [7, 11) is 0. The Morgan fingerprint density at radius 3 is 3.00 bits per heavy atom. The van der Waals surface area contributed by atoms with Gasteiger partial charge in [0.15, 0.2) is 0 Å². The molecule has 1 aliphatic rings. The first-order valence-electron chi connectivity index (χ1n) is 6.83. The zero-order valence-corrected chi connectivity index (χ0v) is 11.3. The van der Waals surface area contributed by atoms with Gasteiger partial charge in [-0.1, -0.05) is 19.8 Å². The Bertz CT molecular complexity index is 367. The van der Waals surface area contributed by atoms with Gasteiger partial charge in [0.25, 0.3) is 0 Å². The minimum absolute atomic E-state index is 0.186. The highest BCUT2D eigenvalue weighted by Crippen LogP contribution is 2.41. The molecule has 3 unspecified atom stereocenters. The van der Waals surface area contributed by atoms with Gasteiger partial charge in [0.05, 0.1) is 23.5 Å². The lowest BCUT2D eigenvalue weighted by molar-refractivity contribution is -0.0946. The third-order valence-corrected chi connectivity index (χ3v) is 3.89. The second kappa shape index (κ2) is 5.76. The molecule has 2 rings (SSSR count). The highest BCUT2D eigenvalue weighted by molar-refractivity contribution is 5.10. The Morgan fingerprint density at radius 2 is 2.39 bits per heavy atom. The second-order valence-electron chi connectivity index (χ2n) is 5.31. The van der Waals surface area contributed by atoms with Gasteiger partial charge in [-0.3, -0.25) is 9.97 Å². The van der Waals surface area contributed by atoms with Gasteiger partial charge in [-0.2, -0.15) is 0 Å². The van der Waals surface area contributed by atoms with E-state index in [0.717, 1.165) is 18.5 Å². The monoisotopic (exact) mass is 249 g/mol. The van der Waals surface area contributed by atoms with Gasteiger partial charge in [0.1, 0.15) is 0 Å². The van der Waals surface area contributed by atoms with Gasteiger partial charge >= 0.3 is 0 Å². The van der Waals surface area contributed by atoms with Crippen molar-refractivity contribution < 1.29 is 4.74 Å². The first-order chi connectivity index (χ1) is 8.68. The first-order valence-corrected chi connectivity index (χ1v) is 6.83. The summed E-state index contributed by atoms with van der Waals surface area (Å²) < 4.78 is 6.06. The van der Waals surface area contributed by atoms with Crippen LogP contribution in [0.15, 0.2) is 18.6 Å². The summed E-state index contributed by atoms with van der Waals surface area (Å²) in [6.45, 7) is 5.00. The molecule has 4 nitrogen and oxygen atoms in total. The Balaban J connectivity index is 2.23. The van der Waals surface area contributed by atoms with Crippen molar-refractivity contribution in [2.24, 2.45) is 11.7 Å². The van der Waals surface area contributed by atoms with Crippen molar-refractivity contribution in [1.82, 2.24) is 9.97 Å². The van der Waals surface area contributed by atoms with Crippen LogP contribution < -0.4 is 5.73 Å². The van der Waals surface area contributed by atoms with E-state index in [-0.39, 0.29) is 11.6 Å². The van der Waals surface area contributed by atoms with Gasteiger partial charge in [-0.25, -0.2) is 0 Å². The van der Waals surface area contributed by atoms with Crippen molar-refractivity contribution in [3.63, 3.8) is 0 Å². The van der Waals surface area contributed by atoms with Crippen molar-refractivity contribution >= 4 is 0 Å². The van der Waals surface area contributed by atoms with Gasteiger partial charge in [-0.05, 0) is 25.7 Å². The van der Waals surface area contributed by atoms with Crippen LogP contribution in [0.25, 0.3) is 0 Å². The van der Waals surface area contributed by atoms with Crippen LogP contribution in [0.1, 0.15) is 51.3 Å². The maximum absolute atomic E-state index is 6.43. The summed E-state index contributed by atoms with van der Waals surface area (Å²) in [5.74, 6) is 0.660. The number of nitrogens with zero attached hydrogens (tertiary/aromatic N) is 2. The maximum atomic E-state index is 6.43. The van der Waals surface area contributed by atoms with Crippen LogP contribution in [0, 0.1) is 5.92 Å². The normalized spacial score (nSPS) is 30.1. The highest BCUT2D eigenvalue weighted by Gasteiger charge is 2.42. The average molecular weight is 249 g/mol. The van der Waals surface area contributed by atoms with Gasteiger partial charge < -0.3 is 10.5 Å². The van der Waals surface area contributed by atoms with Crippen LogP contribution >= 0.6 is 0 Å². The van der Waals surface area contributed by atoms with Crippen molar-refractivity contribution in [2.75, 3.05) is 6.61 Å². The summed E-state index contributed by atoms with van der Waals surface area (Å²) in [6.07, 6.45) is 9.59. The molecule has 1 aliphatic carbocycles. The molecule has 0 aliphatic heterocycles. The van der Waals surface area contributed by atoms with E-state index in [1.165, 1.54) is 12.8 Å². The number of ether oxygens (including phenoxy) is 1. The molecule has 1 aromatic heterocycles. The minimum Gasteiger partial charge on any atom is -0.373 e. The molecule has 0 bridgehead atoms. The molecule has 2 N–H and O–H groups in total. The fourth-order valence-electron chi connectivity index (χ4n) is 3.08. The summed E-state index contributed by atoms with van der Waals surface area (Å²) in [5.41, 5.74) is 7.00. The zero-order chi connectivity index (χ0) is 13.0. The van der Waals surface area contributed by atoms with Crippen LogP contribution in [0.3, 0.4) is 0 Å². The van der Waals surface area contributed by atoms with E-state index in [9.17, 15) is 0 Å². The van der Waals surface area contributed by atoms with Crippen molar-refractivity contribution in [1.29, 1.82) is 0 Å². The Kier molecular flexibility index (Phi) is 4.30. The molecule has 4 heteroatoms. The van der Waals surface area contributed by atoms with Crippen molar-refractivity contribution in [3.8, 4) is 0 Å². The van der Waals surface area contributed by atoms with E-state index >= 15 is 0 Å². The van der Waals surface area contributed by atoms with Crippen LogP contribution in [0.2, 0.25) is 0 Å². The molecule has 0 saturated heterocycles. The van der Waals surface area contributed by atoms with Gasteiger partial charge in [0.2, 0.25) is 0 Å². The lowest BCUT2D eigenvalue weighted by atomic mass is 9.74. The molecule has 1 aromatic rings. The van der Waals surface area contributed by atoms with Crippen molar-refractivity contribution in [2.45, 2.75) is 51.2 Å². The summed E-state index contributed by atoms with van der Waals surface area (Å²) in [5, 5.41) is 0. The maximum Gasteiger partial charge on any atom is 0.0892 e. The SMILES string of the molecule is CCOC1(C(N)c2cnccn2)CCCC(C)C1. The number of hydrogen-bond donors (Lipinski definition) is 1. The Morgan fingerprint density at radius 1 is 1.56 bits per heavy atom. The minimum atomic E-state index is -0.261. The average Bonchev–Trinajstić information content (AvgIpc) is 2.39. The number of hydrogen-bond acceptors (Lipinski definition) is 4. The fourth-order valence-corrected chi connectivity index (χ4v) is 3.08. The number of aromatic nitrogens is 2. The van der Waals surface area contributed by atoms with Gasteiger partial charge in [0, 0.05) is 19.0 Å². The third kappa shape index (κ3) is 2.70. The molecule has 1 fully saturated rings. The summed E-state index contributed by atoms with van der Waals surface area (Å²) in [6, 6.07) is -0.186. The molecule has 1 heterocycles. The zero-order valence-electron chi connectivity index (χ0n) is 11.3. The van der Waals surface area contributed by atoms with Gasteiger partial charge in [-0.15, -0.1) is 0 Å². The standard InChI is InChI=1S/C14H23N3O/c1-3-18-14(6-4-5-11(2)9-14)13(15)12-10-16-7-8-17-12/h7-8,10-11,13H,3-6,9,15H2,1-2H3. The molecule has 0 amide bonds. The van der Waals surface area contributed by atoms with Crippen LogP contribution in [-0.4, -0.2) is 22.2 Å². The van der Waals surface area contributed by atoms with E-state index in [2.05, 4.69) is 16.9 Å². The van der Waals surface area contributed by atoms with E-state index in [0.29, 0.717) is 12.5 Å². The molecular formula is C14H23N3O. The predicted octanol–water partition coefficient (Wildman–Crippen LogP) is 2.46. The Hall–Kier alpha value is -1.00. The van der Waals surface area contributed by atoms with E-state index < -0.39 is 0 Å². The van der Waals surface area contributed by atoms with E-state index in [1.807, 2.05) is 6.92 Å². The Labute approximate surface area is 109 Å². The number of rotatable bonds is 4. The molecule has 0 spiro atoms. The van der Waals surface area contributed by atoms with Crippen LogP contribution in [0.4, 0.5) is 0 Å². The third-order valence-electron chi connectivity index (χ3n) is 3.89. The van der Waals surface area contributed by atoms with E-state index in [4.69, 9.17) is 10.5 Å². The lowest BCUT2D eigenvalue weighted by Crippen LogP contribution is -2.47. The molecule has 100 valence electrons. The molecule has 18 heavy (non-hydrogen) atoms. The summed E-state index contributed by atoms with van der Waals surface area (Å²) >= 11 is 0. The summed E-state index contributed by atoms with van der Waals surface area (Å²) in [4.78, 5) is 8.45. The van der Waals surface area contributed by atoms with E-state index in [1.54, 1.807) is 18.6 Å². The smallest absolute Gasteiger partial charge is 0.0892 e. The first kappa shape index (κ1) is 13.4. The van der Waals surface area contributed by atoms with Crippen LogP contribution in [-0.2, 0) is 4.74 Å². The molecule has 3 atom stereocenters. The molecule has 0 aromatic carbocycles. The molecule has 1 saturated carbocycles.